The van der Waals surface area contributed by atoms with E-state index in [4.69, 9.17) is 29.6 Å². The van der Waals surface area contributed by atoms with Crippen LogP contribution in [0.25, 0.3) is 10.8 Å². The van der Waals surface area contributed by atoms with Crippen molar-refractivity contribution >= 4 is 51.0 Å². The predicted molar refractivity (Wildman–Crippen MR) is 92.4 cm³/mol. The van der Waals surface area contributed by atoms with Gasteiger partial charge in [0.25, 0.3) is 0 Å². The van der Waals surface area contributed by atoms with Gasteiger partial charge in [-0.1, -0.05) is 36.0 Å². The number of nitrogens with two attached hydrogens (primary N) is 1. The summed E-state index contributed by atoms with van der Waals surface area (Å²) in [5.41, 5.74) is 8.24. The van der Waals surface area contributed by atoms with Gasteiger partial charge in [-0.25, -0.2) is 0 Å². The number of rotatable bonds is 3. The Morgan fingerprint density at radius 3 is 2.81 bits per heavy atom. The Bertz CT molecular complexity index is 827. The van der Waals surface area contributed by atoms with Crippen molar-refractivity contribution < 1.29 is 0 Å². The van der Waals surface area contributed by atoms with Crippen molar-refractivity contribution in [2.45, 2.75) is 0 Å². The number of anilines is 2. The fraction of sp³-hybridized carbons (Fsp3) is 0. The second-order valence-corrected chi connectivity index (χ2v) is 5.46. The molecule has 0 aliphatic carbocycles. The number of hydrogen-bond acceptors (Lipinski definition) is 3. The maximum Gasteiger partial charge on any atom is 0.106 e. The van der Waals surface area contributed by atoms with Crippen LogP contribution in [0.5, 0.6) is 0 Å². The number of thiocarbonyl (C=S) groups is 1. The Hall–Kier alpha value is -2.17. The number of hydrogen-bond donors (Lipinski definition) is 2. The summed E-state index contributed by atoms with van der Waals surface area (Å²) in [6.07, 6.45) is 3.59. The van der Waals surface area contributed by atoms with Crippen molar-refractivity contribution in [1.29, 1.82) is 0 Å². The third-order valence-electron chi connectivity index (χ3n) is 3.20. The quantitative estimate of drug-likeness (QED) is 0.709. The number of pyridine rings is 1. The topological polar surface area (TPSA) is 50.9 Å². The molecular weight excluding hydrogens is 302 g/mol. The molecule has 3 rings (SSSR count). The minimum atomic E-state index is 0.326. The van der Waals surface area contributed by atoms with Gasteiger partial charge < -0.3 is 11.1 Å². The summed E-state index contributed by atoms with van der Waals surface area (Å²) in [4.78, 5) is 4.50. The van der Waals surface area contributed by atoms with Crippen molar-refractivity contribution in [2.75, 3.05) is 5.32 Å². The molecule has 0 amide bonds. The van der Waals surface area contributed by atoms with Crippen LogP contribution in [0.2, 0.25) is 5.02 Å². The van der Waals surface area contributed by atoms with Crippen LogP contribution in [0.15, 0.2) is 54.9 Å². The van der Waals surface area contributed by atoms with E-state index in [1.54, 1.807) is 12.3 Å². The van der Waals surface area contributed by atoms with Crippen molar-refractivity contribution in [3.05, 3.63) is 65.4 Å². The van der Waals surface area contributed by atoms with Crippen LogP contribution >= 0.6 is 23.8 Å². The molecule has 0 unspecified atom stereocenters. The molecule has 5 heteroatoms. The highest BCUT2D eigenvalue weighted by atomic mass is 35.5. The molecule has 21 heavy (non-hydrogen) atoms. The minimum absolute atomic E-state index is 0.326. The standard InChI is InChI=1S/C16H12ClN3S/c17-11-4-5-12(16(18)21)15(8-11)20-14-3-1-2-10-6-7-19-9-13(10)14/h1-9,20H,(H2,18,21). The highest BCUT2D eigenvalue weighted by molar-refractivity contribution is 7.80. The van der Waals surface area contributed by atoms with Gasteiger partial charge in [0.05, 0.1) is 5.69 Å². The van der Waals surface area contributed by atoms with Gasteiger partial charge in [-0.05, 0) is 35.7 Å². The van der Waals surface area contributed by atoms with Gasteiger partial charge in [-0.3, -0.25) is 4.98 Å². The SMILES string of the molecule is NC(=S)c1ccc(Cl)cc1Nc1cccc2ccncc12. The molecule has 0 bridgehead atoms. The van der Waals surface area contributed by atoms with Crippen molar-refractivity contribution in [1.82, 2.24) is 4.98 Å². The summed E-state index contributed by atoms with van der Waals surface area (Å²) in [7, 11) is 0. The molecule has 0 atom stereocenters. The fourth-order valence-electron chi connectivity index (χ4n) is 2.20. The smallest absolute Gasteiger partial charge is 0.106 e. The highest BCUT2D eigenvalue weighted by Gasteiger charge is 2.08. The third-order valence-corrected chi connectivity index (χ3v) is 3.66. The summed E-state index contributed by atoms with van der Waals surface area (Å²) in [6, 6.07) is 13.4. The zero-order valence-electron chi connectivity index (χ0n) is 11.0. The lowest BCUT2D eigenvalue weighted by Crippen LogP contribution is -2.11. The average Bonchev–Trinajstić information content (AvgIpc) is 2.47. The lowest BCUT2D eigenvalue weighted by Gasteiger charge is -2.13. The van der Waals surface area contributed by atoms with Crippen LogP contribution in [-0.2, 0) is 0 Å². The molecule has 1 aromatic heterocycles. The van der Waals surface area contributed by atoms with Gasteiger partial charge in [0.1, 0.15) is 4.99 Å². The molecule has 0 saturated heterocycles. The highest BCUT2D eigenvalue weighted by Crippen LogP contribution is 2.29. The van der Waals surface area contributed by atoms with E-state index < -0.39 is 0 Å². The third kappa shape index (κ3) is 2.82. The first-order valence-corrected chi connectivity index (χ1v) is 7.13. The van der Waals surface area contributed by atoms with Crippen molar-refractivity contribution in [2.24, 2.45) is 5.73 Å². The zero-order valence-corrected chi connectivity index (χ0v) is 12.6. The summed E-state index contributed by atoms with van der Waals surface area (Å²) < 4.78 is 0. The molecular formula is C16H12ClN3S. The first-order chi connectivity index (χ1) is 10.1. The second-order valence-electron chi connectivity index (χ2n) is 4.58. The number of halogens is 1. The van der Waals surface area contributed by atoms with E-state index >= 15 is 0 Å². The van der Waals surface area contributed by atoms with E-state index in [1.807, 2.05) is 42.6 Å². The summed E-state index contributed by atoms with van der Waals surface area (Å²) in [6.45, 7) is 0. The summed E-state index contributed by atoms with van der Waals surface area (Å²) in [5, 5.41) is 6.09. The molecule has 3 aromatic rings. The minimum Gasteiger partial charge on any atom is -0.389 e. The predicted octanol–water partition coefficient (Wildman–Crippen LogP) is 4.27. The van der Waals surface area contributed by atoms with E-state index in [1.165, 1.54) is 0 Å². The lowest BCUT2D eigenvalue weighted by atomic mass is 10.1. The molecule has 3 N–H and O–H groups in total. The molecule has 0 spiro atoms. The molecule has 3 nitrogen and oxygen atoms in total. The monoisotopic (exact) mass is 313 g/mol. The van der Waals surface area contributed by atoms with Gasteiger partial charge in [-0.2, -0.15) is 0 Å². The van der Waals surface area contributed by atoms with Crippen LogP contribution in [0, 0.1) is 0 Å². The average molecular weight is 314 g/mol. The molecule has 0 radical (unpaired) electrons. The van der Waals surface area contributed by atoms with Crippen LogP contribution in [0.4, 0.5) is 11.4 Å². The Labute approximate surface area is 132 Å². The number of fused-ring (bicyclic) bond motifs is 1. The van der Waals surface area contributed by atoms with Crippen molar-refractivity contribution in [3.63, 3.8) is 0 Å². The maximum absolute atomic E-state index is 6.07. The van der Waals surface area contributed by atoms with Crippen LogP contribution in [-0.4, -0.2) is 9.97 Å². The van der Waals surface area contributed by atoms with Crippen LogP contribution in [0.1, 0.15) is 5.56 Å². The fourth-order valence-corrected chi connectivity index (χ4v) is 2.55. The Morgan fingerprint density at radius 1 is 1.14 bits per heavy atom. The van der Waals surface area contributed by atoms with Crippen LogP contribution < -0.4 is 11.1 Å². The molecule has 1 heterocycles. The Morgan fingerprint density at radius 2 is 2.00 bits per heavy atom. The number of aromatic nitrogens is 1. The first kappa shape index (κ1) is 13.8. The Kier molecular flexibility index (Phi) is 3.73. The number of benzene rings is 2. The van der Waals surface area contributed by atoms with Gasteiger partial charge in [0, 0.05) is 34.1 Å². The summed E-state index contributed by atoms with van der Waals surface area (Å²) in [5.74, 6) is 0. The normalized spacial score (nSPS) is 10.5. The zero-order chi connectivity index (χ0) is 14.8. The lowest BCUT2D eigenvalue weighted by molar-refractivity contribution is 1.36. The van der Waals surface area contributed by atoms with E-state index in [9.17, 15) is 0 Å². The van der Waals surface area contributed by atoms with E-state index in [0.29, 0.717) is 10.0 Å². The van der Waals surface area contributed by atoms with E-state index in [2.05, 4.69) is 10.3 Å². The van der Waals surface area contributed by atoms with Crippen molar-refractivity contribution in [3.8, 4) is 0 Å². The second kappa shape index (κ2) is 5.68. The summed E-state index contributed by atoms with van der Waals surface area (Å²) >= 11 is 11.2. The van der Waals surface area contributed by atoms with Gasteiger partial charge >= 0.3 is 0 Å². The van der Waals surface area contributed by atoms with Gasteiger partial charge in [0.2, 0.25) is 0 Å². The van der Waals surface area contributed by atoms with Gasteiger partial charge in [-0.15, -0.1) is 0 Å². The Balaban J connectivity index is 2.11. The van der Waals surface area contributed by atoms with Gasteiger partial charge in [0.15, 0.2) is 0 Å². The first-order valence-electron chi connectivity index (χ1n) is 6.34. The molecule has 2 aromatic carbocycles. The number of nitrogens with one attached hydrogen (secondary N) is 1. The number of nitrogens with zero attached hydrogens (tertiary/aromatic N) is 1. The molecule has 0 saturated carbocycles. The maximum atomic E-state index is 6.07. The largest absolute Gasteiger partial charge is 0.389 e. The molecule has 104 valence electrons. The molecule has 0 aliphatic heterocycles. The van der Waals surface area contributed by atoms with E-state index in [-0.39, 0.29) is 0 Å². The van der Waals surface area contributed by atoms with Crippen LogP contribution in [0.3, 0.4) is 0 Å². The molecule has 0 fully saturated rings. The van der Waals surface area contributed by atoms with E-state index in [0.717, 1.165) is 27.7 Å². The molecule has 0 aliphatic rings.